The zero-order valence-electron chi connectivity index (χ0n) is 11.4. The topological polar surface area (TPSA) is 47.6 Å². The Bertz CT molecular complexity index is 538. The van der Waals surface area contributed by atoms with E-state index in [0.29, 0.717) is 11.4 Å². The van der Waals surface area contributed by atoms with Crippen LogP contribution in [0, 0.1) is 34.0 Å². The van der Waals surface area contributed by atoms with Crippen LogP contribution in [0.2, 0.25) is 0 Å². The number of hydrogen-bond acceptors (Lipinski definition) is 2. The molecule has 0 spiro atoms. The highest BCUT2D eigenvalue weighted by atomic mass is 35.5. The van der Waals surface area contributed by atoms with Gasteiger partial charge in [0.2, 0.25) is 0 Å². The standard InChI is InChI=1S/C15H14ClF3N2/c1-11(8-16)6-14(9-20,10-21)7-12-2-4-13(5-3-12)15(17,18)19/h2-5,11H,6-8H2,1H3. The molecular formula is C15H14ClF3N2. The highest BCUT2D eigenvalue weighted by molar-refractivity contribution is 6.18. The molecular weight excluding hydrogens is 301 g/mol. The maximum absolute atomic E-state index is 12.5. The Kier molecular flexibility index (Phi) is 5.63. The van der Waals surface area contributed by atoms with Gasteiger partial charge in [-0.3, -0.25) is 0 Å². The summed E-state index contributed by atoms with van der Waals surface area (Å²) in [6.45, 7) is 1.82. The van der Waals surface area contributed by atoms with E-state index in [1.54, 1.807) is 0 Å². The zero-order chi connectivity index (χ0) is 16.1. The molecule has 0 saturated heterocycles. The molecule has 1 rings (SSSR count). The van der Waals surface area contributed by atoms with Gasteiger partial charge in [-0.25, -0.2) is 0 Å². The monoisotopic (exact) mass is 314 g/mol. The number of halogens is 4. The maximum atomic E-state index is 12.5. The van der Waals surface area contributed by atoms with E-state index in [0.717, 1.165) is 12.1 Å². The smallest absolute Gasteiger partial charge is 0.197 e. The Labute approximate surface area is 126 Å². The second-order valence-corrected chi connectivity index (χ2v) is 5.45. The Morgan fingerprint density at radius 2 is 1.67 bits per heavy atom. The number of nitrogens with zero attached hydrogens (tertiary/aromatic N) is 2. The molecule has 0 saturated carbocycles. The predicted octanol–water partition coefficient (Wildman–Crippen LogP) is 4.55. The van der Waals surface area contributed by atoms with Crippen LogP contribution in [0.25, 0.3) is 0 Å². The first-order chi connectivity index (χ1) is 9.76. The first-order valence-electron chi connectivity index (χ1n) is 6.31. The SMILES string of the molecule is CC(CCl)CC(C#N)(C#N)Cc1ccc(C(F)(F)F)cc1. The molecule has 0 amide bonds. The fourth-order valence-electron chi connectivity index (χ4n) is 2.08. The molecule has 21 heavy (non-hydrogen) atoms. The maximum Gasteiger partial charge on any atom is 0.416 e. The van der Waals surface area contributed by atoms with Crippen molar-refractivity contribution in [3.05, 3.63) is 35.4 Å². The number of rotatable bonds is 5. The van der Waals surface area contributed by atoms with E-state index < -0.39 is 17.2 Å². The summed E-state index contributed by atoms with van der Waals surface area (Å²) in [6, 6.07) is 8.49. The fourth-order valence-corrected chi connectivity index (χ4v) is 2.19. The molecule has 0 radical (unpaired) electrons. The number of benzene rings is 1. The molecule has 0 N–H and O–H groups in total. The summed E-state index contributed by atoms with van der Waals surface area (Å²) >= 11 is 5.70. The molecule has 1 aromatic carbocycles. The van der Waals surface area contributed by atoms with E-state index in [1.807, 2.05) is 19.1 Å². The number of nitriles is 2. The van der Waals surface area contributed by atoms with E-state index in [1.165, 1.54) is 12.1 Å². The molecule has 1 aromatic rings. The third-order valence-corrected chi connectivity index (χ3v) is 3.70. The van der Waals surface area contributed by atoms with Gasteiger partial charge in [-0.05, 0) is 30.0 Å². The minimum absolute atomic E-state index is 0.0274. The number of hydrogen-bond donors (Lipinski definition) is 0. The molecule has 0 heterocycles. The molecule has 0 aliphatic heterocycles. The van der Waals surface area contributed by atoms with Crippen molar-refractivity contribution < 1.29 is 13.2 Å². The van der Waals surface area contributed by atoms with Crippen molar-refractivity contribution in [2.45, 2.75) is 25.9 Å². The van der Waals surface area contributed by atoms with E-state index in [-0.39, 0.29) is 18.8 Å². The summed E-state index contributed by atoms with van der Waals surface area (Å²) in [5.41, 5.74) is -1.50. The first-order valence-corrected chi connectivity index (χ1v) is 6.84. The lowest BCUT2D eigenvalue weighted by Gasteiger charge is -2.21. The van der Waals surface area contributed by atoms with Crippen molar-refractivity contribution in [2.24, 2.45) is 11.3 Å². The molecule has 6 heteroatoms. The van der Waals surface area contributed by atoms with Gasteiger partial charge < -0.3 is 0 Å². The van der Waals surface area contributed by atoms with E-state index in [9.17, 15) is 23.7 Å². The molecule has 0 aromatic heterocycles. The van der Waals surface area contributed by atoms with Gasteiger partial charge in [0, 0.05) is 12.3 Å². The largest absolute Gasteiger partial charge is 0.416 e. The van der Waals surface area contributed by atoms with Crippen LogP contribution in [0.15, 0.2) is 24.3 Å². The molecule has 1 unspecified atom stereocenters. The Hall–Kier alpha value is -1.72. The molecule has 0 aliphatic rings. The Morgan fingerprint density at radius 1 is 1.14 bits per heavy atom. The highest BCUT2D eigenvalue weighted by Gasteiger charge is 2.33. The summed E-state index contributed by atoms with van der Waals surface area (Å²) < 4.78 is 37.5. The quantitative estimate of drug-likeness (QED) is 0.749. The molecule has 112 valence electrons. The van der Waals surface area contributed by atoms with Gasteiger partial charge in [-0.2, -0.15) is 23.7 Å². The zero-order valence-corrected chi connectivity index (χ0v) is 12.2. The van der Waals surface area contributed by atoms with Crippen LogP contribution in [0.3, 0.4) is 0 Å². The lowest BCUT2D eigenvalue weighted by Crippen LogP contribution is -2.23. The summed E-state index contributed by atoms with van der Waals surface area (Å²) in [5.74, 6) is 0.290. The minimum atomic E-state index is -4.40. The van der Waals surface area contributed by atoms with E-state index in [4.69, 9.17) is 11.6 Å². The first kappa shape index (κ1) is 17.3. The van der Waals surface area contributed by atoms with Crippen molar-refractivity contribution in [1.82, 2.24) is 0 Å². The summed E-state index contributed by atoms with van der Waals surface area (Å²) in [5, 5.41) is 18.5. The Balaban J connectivity index is 2.96. The lowest BCUT2D eigenvalue weighted by molar-refractivity contribution is -0.137. The van der Waals surface area contributed by atoms with Gasteiger partial charge in [-0.15, -0.1) is 11.6 Å². The minimum Gasteiger partial charge on any atom is -0.197 e. The summed E-state index contributed by atoms with van der Waals surface area (Å²) in [7, 11) is 0. The number of alkyl halides is 4. The lowest BCUT2D eigenvalue weighted by atomic mass is 9.78. The van der Waals surface area contributed by atoms with Gasteiger partial charge in [0.15, 0.2) is 0 Å². The third-order valence-electron chi connectivity index (χ3n) is 3.18. The average molecular weight is 315 g/mol. The second-order valence-electron chi connectivity index (χ2n) is 5.14. The van der Waals surface area contributed by atoms with E-state index in [2.05, 4.69) is 0 Å². The van der Waals surface area contributed by atoms with Crippen molar-refractivity contribution in [3.63, 3.8) is 0 Å². The summed E-state index contributed by atoms with van der Waals surface area (Å²) in [6.07, 6.45) is -4.03. The van der Waals surface area contributed by atoms with Crippen LogP contribution in [-0.2, 0) is 12.6 Å². The molecule has 0 bridgehead atoms. The van der Waals surface area contributed by atoms with Crippen LogP contribution in [-0.4, -0.2) is 5.88 Å². The van der Waals surface area contributed by atoms with Crippen molar-refractivity contribution >= 4 is 11.6 Å². The van der Waals surface area contributed by atoms with E-state index >= 15 is 0 Å². The van der Waals surface area contributed by atoms with Gasteiger partial charge in [0.25, 0.3) is 0 Å². The second kappa shape index (κ2) is 6.83. The summed E-state index contributed by atoms with van der Waals surface area (Å²) in [4.78, 5) is 0. The van der Waals surface area contributed by atoms with Crippen LogP contribution in [0.4, 0.5) is 13.2 Å². The predicted molar refractivity (Wildman–Crippen MR) is 73.3 cm³/mol. The van der Waals surface area contributed by atoms with Gasteiger partial charge in [-0.1, -0.05) is 19.1 Å². The van der Waals surface area contributed by atoms with Crippen LogP contribution < -0.4 is 0 Å². The van der Waals surface area contributed by atoms with Gasteiger partial charge in [0.05, 0.1) is 17.7 Å². The van der Waals surface area contributed by atoms with Crippen molar-refractivity contribution in [3.8, 4) is 12.1 Å². The van der Waals surface area contributed by atoms with Crippen molar-refractivity contribution in [1.29, 1.82) is 10.5 Å². The highest BCUT2D eigenvalue weighted by Crippen LogP contribution is 2.32. The normalized spacial score (nSPS) is 13.3. The molecule has 1 atom stereocenters. The molecule has 0 fully saturated rings. The Morgan fingerprint density at radius 3 is 2.05 bits per heavy atom. The van der Waals surface area contributed by atoms with Crippen LogP contribution >= 0.6 is 11.6 Å². The molecule has 0 aliphatic carbocycles. The average Bonchev–Trinajstić information content (AvgIpc) is 2.46. The van der Waals surface area contributed by atoms with Crippen LogP contribution in [0.5, 0.6) is 0 Å². The fraction of sp³-hybridized carbons (Fsp3) is 0.467. The van der Waals surface area contributed by atoms with Crippen molar-refractivity contribution in [2.75, 3.05) is 5.88 Å². The third kappa shape index (κ3) is 4.65. The molecule has 2 nitrogen and oxygen atoms in total. The van der Waals surface area contributed by atoms with Gasteiger partial charge in [0.1, 0.15) is 5.41 Å². The van der Waals surface area contributed by atoms with Gasteiger partial charge >= 0.3 is 6.18 Å². The van der Waals surface area contributed by atoms with Crippen LogP contribution in [0.1, 0.15) is 24.5 Å².